The smallest absolute Gasteiger partial charge is 0.337 e. The Bertz CT molecular complexity index is 725. The van der Waals surface area contributed by atoms with Crippen LogP contribution in [0.5, 0.6) is 0 Å². The molecule has 0 aliphatic heterocycles. The summed E-state index contributed by atoms with van der Waals surface area (Å²) in [5.74, 6) is -1.52. The Morgan fingerprint density at radius 2 is 2.19 bits per heavy atom. The minimum atomic E-state index is -1.11. The summed E-state index contributed by atoms with van der Waals surface area (Å²) >= 11 is 4.69. The summed E-state index contributed by atoms with van der Waals surface area (Å²) in [5.41, 5.74) is 0.965. The number of benzene rings is 1. The van der Waals surface area contributed by atoms with Crippen molar-refractivity contribution >= 4 is 50.9 Å². The van der Waals surface area contributed by atoms with Gasteiger partial charge >= 0.3 is 5.97 Å². The lowest BCUT2D eigenvalue weighted by atomic mass is 10.2. The first kappa shape index (κ1) is 15.4. The summed E-state index contributed by atoms with van der Waals surface area (Å²) in [6.07, 6.45) is 2.90. The van der Waals surface area contributed by atoms with E-state index in [4.69, 9.17) is 5.11 Å². The van der Waals surface area contributed by atoms with Crippen LogP contribution in [0.15, 0.2) is 34.1 Å². The maximum Gasteiger partial charge on any atom is 0.337 e. The number of aromatic nitrogens is 1. The van der Waals surface area contributed by atoms with Gasteiger partial charge in [-0.05, 0) is 31.2 Å². The van der Waals surface area contributed by atoms with Gasteiger partial charge in [0.15, 0.2) is 0 Å². The van der Waals surface area contributed by atoms with Crippen molar-refractivity contribution < 1.29 is 14.7 Å². The number of rotatable bonds is 4. The van der Waals surface area contributed by atoms with E-state index in [2.05, 4.69) is 26.2 Å². The fourth-order valence-corrected chi connectivity index (χ4v) is 2.54. The number of carbonyl (C=O) groups is 2. The summed E-state index contributed by atoms with van der Waals surface area (Å²) in [7, 11) is 0. The van der Waals surface area contributed by atoms with E-state index in [1.54, 1.807) is 12.1 Å². The second kappa shape index (κ2) is 6.64. The number of aromatic carboxylic acids is 1. The van der Waals surface area contributed by atoms with Crippen LogP contribution in [0.3, 0.4) is 0 Å². The first-order chi connectivity index (χ1) is 9.95. The zero-order valence-electron chi connectivity index (χ0n) is 11.0. The third-order valence-corrected chi connectivity index (χ3v) is 3.80. The first-order valence-electron chi connectivity index (χ1n) is 5.90. The molecule has 0 aliphatic carbocycles. The molecule has 1 heterocycles. The number of carbonyl (C=O) groups excluding carboxylic acids is 1. The van der Waals surface area contributed by atoms with Gasteiger partial charge in [0.2, 0.25) is 5.91 Å². The van der Waals surface area contributed by atoms with Gasteiger partial charge in [0.25, 0.3) is 0 Å². The van der Waals surface area contributed by atoms with Crippen LogP contribution >= 0.6 is 27.3 Å². The summed E-state index contributed by atoms with van der Waals surface area (Å²) in [4.78, 5) is 27.2. The molecule has 0 aliphatic rings. The van der Waals surface area contributed by atoms with Gasteiger partial charge in [0, 0.05) is 15.9 Å². The molecule has 0 saturated heterocycles. The molecule has 108 valence electrons. The average Bonchev–Trinajstić information content (AvgIpc) is 2.84. The van der Waals surface area contributed by atoms with Gasteiger partial charge in [-0.2, -0.15) is 0 Å². The minimum absolute atomic E-state index is 0.0237. The monoisotopic (exact) mass is 366 g/mol. The van der Waals surface area contributed by atoms with Crippen molar-refractivity contribution in [2.45, 2.75) is 6.92 Å². The summed E-state index contributed by atoms with van der Waals surface area (Å²) < 4.78 is 0.631. The molecule has 2 N–H and O–H groups in total. The Kier molecular flexibility index (Phi) is 4.87. The topological polar surface area (TPSA) is 79.3 Å². The highest BCUT2D eigenvalue weighted by atomic mass is 79.9. The fourth-order valence-electron chi connectivity index (χ4n) is 1.59. The number of anilines is 1. The van der Waals surface area contributed by atoms with Gasteiger partial charge in [-0.15, -0.1) is 11.3 Å². The van der Waals surface area contributed by atoms with Crippen molar-refractivity contribution in [2.24, 2.45) is 0 Å². The van der Waals surface area contributed by atoms with E-state index in [0.29, 0.717) is 10.2 Å². The van der Waals surface area contributed by atoms with Crippen LogP contribution in [0.25, 0.3) is 6.08 Å². The molecule has 0 atom stereocenters. The van der Waals surface area contributed by atoms with Crippen LogP contribution in [0.4, 0.5) is 5.69 Å². The highest BCUT2D eigenvalue weighted by Crippen LogP contribution is 2.21. The van der Waals surface area contributed by atoms with E-state index in [-0.39, 0.29) is 11.3 Å². The van der Waals surface area contributed by atoms with Crippen LogP contribution < -0.4 is 5.32 Å². The van der Waals surface area contributed by atoms with Crippen LogP contribution in [-0.2, 0) is 4.79 Å². The molecule has 5 nitrogen and oxygen atoms in total. The third kappa shape index (κ3) is 4.24. The van der Waals surface area contributed by atoms with Crippen LogP contribution in [0.1, 0.15) is 21.1 Å². The molecule has 21 heavy (non-hydrogen) atoms. The van der Waals surface area contributed by atoms with Crippen molar-refractivity contribution in [3.8, 4) is 0 Å². The van der Waals surface area contributed by atoms with Gasteiger partial charge in [-0.1, -0.05) is 15.9 Å². The van der Waals surface area contributed by atoms with Crippen molar-refractivity contribution in [1.29, 1.82) is 0 Å². The van der Waals surface area contributed by atoms with Crippen LogP contribution in [0.2, 0.25) is 0 Å². The maximum atomic E-state index is 11.8. The van der Waals surface area contributed by atoms with Crippen LogP contribution in [0, 0.1) is 6.92 Å². The SMILES string of the molecule is Cc1nc(C=CC(=O)Nc2ccc(Br)cc2C(=O)O)cs1. The molecule has 1 amide bonds. The second-order valence-corrected chi connectivity index (χ2v) is 6.09. The van der Waals surface area contributed by atoms with Gasteiger partial charge < -0.3 is 10.4 Å². The fraction of sp³-hybridized carbons (Fsp3) is 0.0714. The van der Waals surface area contributed by atoms with Crippen molar-refractivity contribution in [1.82, 2.24) is 4.98 Å². The Labute approximate surface area is 133 Å². The number of nitrogens with zero attached hydrogens (tertiary/aromatic N) is 1. The lowest BCUT2D eigenvalue weighted by Crippen LogP contribution is -2.12. The average molecular weight is 367 g/mol. The minimum Gasteiger partial charge on any atom is -0.478 e. The van der Waals surface area contributed by atoms with Gasteiger partial charge in [-0.3, -0.25) is 4.79 Å². The molecule has 0 unspecified atom stereocenters. The number of hydrogen-bond acceptors (Lipinski definition) is 4. The van der Waals surface area contributed by atoms with E-state index in [1.807, 2.05) is 12.3 Å². The molecular formula is C14H11BrN2O3S. The lowest BCUT2D eigenvalue weighted by molar-refractivity contribution is -0.111. The zero-order valence-corrected chi connectivity index (χ0v) is 13.4. The molecule has 0 saturated carbocycles. The standard InChI is InChI=1S/C14H11BrN2O3S/c1-8-16-10(7-21-8)3-5-13(18)17-12-4-2-9(15)6-11(12)14(19)20/h2-7H,1H3,(H,17,18)(H,19,20). The molecule has 1 aromatic heterocycles. The van der Waals surface area contributed by atoms with Gasteiger partial charge in [-0.25, -0.2) is 9.78 Å². The van der Waals surface area contributed by atoms with Gasteiger partial charge in [0.05, 0.1) is 22.0 Å². The summed E-state index contributed by atoms with van der Waals surface area (Å²) in [6, 6.07) is 4.63. The second-order valence-electron chi connectivity index (χ2n) is 4.11. The molecule has 2 aromatic rings. The molecule has 0 spiro atoms. The number of carboxylic acid groups (broad SMARTS) is 1. The molecule has 7 heteroatoms. The number of carboxylic acids is 1. The largest absolute Gasteiger partial charge is 0.478 e. The summed E-state index contributed by atoms with van der Waals surface area (Å²) in [6.45, 7) is 1.88. The molecule has 0 bridgehead atoms. The maximum absolute atomic E-state index is 11.8. The predicted molar refractivity (Wildman–Crippen MR) is 85.6 cm³/mol. The third-order valence-electron chi connectivity index (χ3n) is 2.51. The van der Waals surface area contributed by atoms with Crippen molar-refractivity contribution in [2.75, 3.05) is 5.32 Å². The lowest BCUT2D eigenvalue weighted by Gasteiger charge is -2.06. The number of hydrogen-bond donors (Lipinski definition) is 2. The van der Waals surface area contributed by atoms with Crippen LogP contribution in [-0.4, -0.2) is 22.0 Å². The number of halogens is 1. The summed E-state index contributed by atoms with van der Waals surface area (Å²) in [5, 5.41) is 14.4. The molecule has 0 fully saturated rings. The molecule has 1 aromatic carbocycles. The molecule has 2 rings (SSSR count). The van der Waals surface area contributed by atoms with E-state index in [0.717, 1.165) is 5.01 Å². The highest BCUT2D eigenvalue weighted by molar-refractivity contribution is 9.10. The number of amides is 1. The van der Waals surface area contributed by atoms with Crippen molar-refractivity contribution in [3.63, 3.8) is 0 Å². The quantitative estimate of drug-likeness (QED) is 0.810. The predicted octanol–water partition coefficient (Wildman–Crippen LogP) is 3.56. The number of nitrogens with one attached hydrogen (secondary N) is 1. The first-order valence-corrected chi connectivity index (χ1v) is 7.57. The van der Waals surface area contributed by atoms with E-state index in [9.17, 15) is 9.59 Å². The Morgan fingerprint density at radius 1 is 1.43 bits per heavy atom. The zero-order chi connectivity index (χ0) is 15.4. The van der Waals surface area contributed by atoms with E-state index in [1.165, 1.54) is 29.5 Å². The highest BCUT2D eigenvalue weighted by Gasteiger charge is 2.11. The van der Waals surface area contributed by atoms with E-state index < -0.39 is 11.9 Å². The number of thiazole rings is 1. The Balaban J connectivity index is 2.13. The number of aryl methyl sites for hydroxylation is 1. The molecular weight excluding hydrogens is 356 g/mol. The van der Waals surface area contributed by atoms with Crippen molar-refractivity contribution in [3.05, 3.63) is 50.4 Å². The van der Waals surface area contributed by atoms with E-state index >= 15 is 0 Å². The Hall–Kier alpha value is -1.99. The van der Waals surface area contributed by atoms with Gasteiger partial charge in [0.1, 0.15) is 0 Å². The normalized spacial score (nSPS) is 10.8. The Morgan fingerprint density at radius 3 is 2.81 bits per heavy atom. The molecule has 0 radical (unpaired) electrons.